The Balaban J connectivity index is 2.22. The third-order valence-electron chi connectivity index (χ3n) is 3.43. The number of anilines is 1. The second-order valence-electron chi connectivity index (χ2n) is 4.64. The summed E-state index contributed by atoms with van der Waals surface area (Å²) in [7, 11) is 0. The van der Waals surface area contributed by atoms with Crippen LogP contribution in [0.5, 0.6) is 0 Å². The van der Waals surface area contributed by atoms with Gasteiger partial charge in [0.25, 0.3) is 0 Å². The largest absolute Gasteiger partial charge is 0.392 e. The number of amides is 1. The van der Waals surface area contributed by atoms with Crippen molar-refractivity contribution in [3.8, 4) is 0 Å². The third kappa shape index (κ3) is 3.24. The number of benzene rings is 1. The maximum atomic E-state index is 12.6. The summed E-state index contributed by atoms with van der Waals surface area (Å²) in [6, 6.07) is 5.43. The van der Waals surface area contributed by atoms with Gasteiger partial charge in [-0.2, -0.15) is 0 Å². The minimum Gasteiger partial charge on any atom is -0.392 e. The molecule has 4 nitrogen and oxygen atoms in total. The van der Waals surface area contributed by atoms with E-state index in [1.54, 1.807) is 12.1 Å². The minimum atomic E-state index is -0.847. The molecule has 0 aromatic heterocycles. The summed E-state index contributed by atoms with van der Waals surface area (Å²) in [6.45, 7) is 0.955. The Kier molecular flexibility index (Phi) is 5.22. The van der Waals surface area contributed by atoms with E-state index in [9.17, 15) is 4.79 Å². The van der Waals surface area contributed by atoms with Gasteiger partial charge >= 0.3 is 0 Å². The van der Waals surface area contributed by atoms with Gasteiger partial charge < -0.3 is 15.8 Å². The highest BCUT2D eigenvalue weighted by Gasteiger charge is 2.43. The van der Waals surface area contributed by atoms with Gasteiger partial charge in [-0.05, 0) is 53.6 Å². The first-order valence-electron chi connectivity index (χ1n) is 6.10. The lowest BCUT2D eigenvalue weighted by Gasteiger charge is -2.34. The zero-order chi connectivity index (χ0) is 14.8. The molecule has 1 amide bonds. The molecule has 0 bridgehead atoms. The first-order valence-corrected chi connectivity index (χ1v) is 7.96. The van der Waals surface area contributed by atoms with Crippen molar-refractivity contribution in [2.45, 2.75) is 12.8 Å². The molecular weight excluding hydrogens is 411 g/mol. The molecule has 0 radical (unpaired) electrons. The van der Waals surface area contributed by atoms with Crippen LogP contribution in [0.25, 0.3) is 0 Å². The molecule has 1 fully saturated rings. The normalized spacial score (nSPS) is 17.5. The number of carbonyl (C=O) groups excluding carboxylic acids is 1. The summed E-state index contributed by atoms with van der Waals surface area (Å²) in [4.78, 5) is 12.8. The summed E-state index contributed by atoms with van der Waals surface area (Å²) < 4.78 is 6.29. The Morgan fingerprint density at radius 2 is 2.10 bits per heavy atom. The van der Waals surface area contributed by atoms with Gasteiger partial charge in [-0.3, -0.25) is 4.79 Å². The van der Waals surface area contributed by atoms with Crippen LogP contribution in [0.1, 0.15) is 12.8 Å². The summed E-state index contributed by atoms with van der Waals surface area (Å²) >= 11 is 13.4. The maximum absolute atomic E-state index is 12.6. The molecule has 1 aromatic carbocycles. The molecule has 3 N–H and O–H groups in total. The topological polar surface area (TPSA) is 64.4 Å². The number of hydrogen-bond acceptors (Lipinski definition) is 3. The number of carbonyl (C=O) groups is 1. The maximum Gasteiger partial charge on any atom is 0.237 e. The van der Waals surface area contributed by atoms with Gasteiger partial charge in [0.15, 0.2) is 0 Å². The fourth-order valence-corrected chi connectivity index (χ4v) is 3.34. The van der Waals surface area contributed by atoms with Crippen LogP contribution in [0.3, 0.4) is 0 Å². The molecule has 0 saturated carbocycles. The van der Waals surface area contributed by atoms with E-state index in [4.69, 9.17) is 34.3 Å². The molecule has 1 aliphatic rings. The zero-order valence-electron chi connectivity index (χ0n) is 10.6. The van der Waals surface area contributed by atoms with Gasteiger partial charge in [0.05, 0.1) is 15.7 Å². The van der Waals surface area contributed by atoms with Crippen LogP contribution in [-0.2, 0) is 9.53 Å². The van der Waals surface area contributed by atoms with Crippen molar-refractivity contribution < 1.29 is 9.53 Å². The number of thiocarbonyl (C=S) groups is 1. The van der Waals surface area contributed by atoms with E-state index < -0.39 is 5.41 Å². The Labute approximate surface area is 141 Å². The lowest BCUT2D eigenvalue weighted by molar-refractivity contribution is -0.126. The molecule has 0 unspecified atom stereocenters. The predicted octanol–water partition coefficient (Wildman–Crippen LogP) is 2.97. The SMILES string of the molecule is NC(=S)C1(C(=O)Nc2ccc(I)cc2Cl)CCOCC1. The molecule has 0 atom stereocenters. The average Bonchev–Trinajstić information content (AvgIpc) is 2.42. The molecule has 1 saturated heterocycles. The van der Waals surface area contributed by atoms with Gasteiger partial charge in [0, 0.05) is 16.8 Å². The lowest BCUT2D eigenvalue weighted by Crippen LogP contribution is -2.49. The molecule has 20 heavy (non-hydrogen) atoms. The number of ether oxygens (including phenoxy) is 1. The van der Waals surface area contributed by atoms with E-state index in [2.05, 4.69) is 27.9 Å². The van der Waals surface area contributed by atoms with Crippen LogP contribution >= 0.6 is 46.4 Å². The first kappa shape index (κ1) is 15.9. The summed E-state index contributed by atoms with van der Waals surface area (Å²) in [5, 5.41) is 3.33. The molecule has 108 valence electrons. The van der Waals surface area contributed by atoms with E-state index in [1.165, 1.54) is 0 Å². The molecule has 2 rings (SSSR count). The Morgan fingerprint density at radius 3 is 2.65 bits per heavy atom. The van der Waals surface area contributed by atoms with Crippen LogP contribution < -0.4 is 11.1 Å². The highest BCUT2D eigenvalue weighted by molar-refractivity contribution is 14.1. The van der Waals surface area contributed by atoms with Crippen molar-refractivity contribution in [2.75, 3.05) is 18.5 Å². The van der Waals surface area contributed by atoms with Gasteiger partial charge in [-0.15, -0.1) is 0 Å². The van der Waals surface area contributed by atoms with Gasteiger partial charge in [-0.25, -0.2) is 0 Å². The summed E-state index contributed by atoms with van der Waals surface area (Å²) in [5.41, 5.74) is 5.52. The number of nitrogens with one attached hydrogen (secondary N) is 1. The molecule has 0 spiro atoms. The average molecular weight is 425 g/mol. The van der Waals surface area contributed by atoms with Gasteiger partial charge in [0.1, 0.15) is 5.41 Å². The monoisotopic (exact) mass is 424 g/mol. The molecule has 1 heterocycles. The van der Waals surface area contributed by atoms with Crippen LogP contribution in [0.15, 0.2) is 18.2 Å². The fourth-order valence-electron chi connectivity index (χ4n) is 2.14. The van der Waals surface area contributed by atoms with Crippen molar-refractivity contribution in [1.82, 2.24) is 0 Å². The van der Waals surface area contributed by atoms with Crippen molar-refractivity contribution in [2.24, 2.45) is 11.1 Å². The van der Waals surface area contributed by atoms with Crippen LogP contribution in [0.2, 0.25) is 5.02 Å². The van der Waals surface area contributed by atoms with Crippen LogP contribution in [0, 0.1) is 8.99 Å². The van der Waals surface area contributed by atoms with Crippen LogP contribution in [0.4, 0.5) is 5.69 Å². The smallest absolute Gasteiger partial charge is 0.237 e. The summed E-state index contributed by atoms with van der Waals surface area (Å²) in [6.07, 6.45) is 0.992. The quantitative estimate of drug-likeness (QED) is 0.578. The number of halogens is 2. The fraction of sp³-hybridized carbons (Fsp3) is 0.385. The van der Waals surface area contributed by atoms with Crippen molar-refractivity contribution in [3.05, 3.63) is 26.8 Å². The number of nitrogens with two attached hydrogens (primary N) is 1. The molecule has 1 aliphatic heterocycles. The minimum absolute atomic E-state index is 0.208. The predicted molar refractivity (Wildman–Crippen MR) is 92.1 cm³/mol. The van der Waals surface area contributed by atoms with E-state index >= 15 is 0 Å². The van der Waals surface area contributed by atoms with Gasteiger partial charge in [-0.1, -0.05) is 23.8 Å². The molecular formula is C13H14ClIN2O2S. The molecule has 0 aliphatic carbocycles. The number of hydrogen-bond donors (Lipinski definition) is 2. The Morgan fingerprint density at radius 1 is 1.45 bits per heavy atom. The standard InChI is InChI=1S/C13H14ClIN2O2S/c14-9-7-8(15)1-2-10(9)17-12(18)13(11(16)20)3-5-19-6-4-13/h1-2,7H,3-6H2,(H2,16,20)(H,17,18). The Hall–Kier alpha value is -0.440. The van der Waals surface area contributed by atoms with Crippen molar-refractivity contribution in [3.63, 3.8) is 0 Å². The highest BCUT2D eigenvalue weighted by atomic mass is 127. The first-order chi connectivity index (χ1) is 9.45. The number of rotatable bonds is 3. The van der Waals surface area contributed by atoms with E-state index in [0.717, 1.165) is 3.57 Å². The van der Waals surface area contributed by atoms with E-state index in [0.29, 0.717) is 36.8 Å². The third-order valence-corrected chi connectivity index (χ3v) is 4.81. The highest BCUT2D eigenvalue weighted by Crippen LogP contribution is 2.34. The van der Waals surface area contributed by atoms with Gasteiger partial charge in [0.2, 0.25) is 5.91 Å². The Bertz CT molecular complexity index is 547. The molecule has 7 heteroatoms. The van der Waals surface area contributed by atoms with Crippen molar-refractivity contribution in [1.29, 1.82) is 0 Å². The zero-order valence-corrected chi connectivity index (χ0v) is 14.3. The van der Waals surface area contributed by atoms with E-state index in [1.807, 2.05) is 6.07 Å². The van der Waals surface area contributed by atoms with Crippen molar-refractivity contribution >= 4 is 63.0 Å². The molecule has 1 aromatic rings. The van der Waals surface area contributed by atoms with Crippen LogP contribution in [-0.4, -0.2) is 24.1 Å². The lowest BCUT2D eigenvalue weighted by atomic mass is 9.79. The second-order valence-corrected chi connectivity index (χ2v) is 6.73. The summed E-state index contributed by atoms with van der Waals surface area (Å²) in [5.74, 6) is -0.212. The van der Waals surface area contributed by atoms with E-state index in [-0.39, 0.29) is 10.9 Å². The second kappa shape index (κ2) is 6.55.